The summed E-state index contributed by atoms with van der Waals surface area (Å²) >= 11 is 5.92. The number of hydrogen-bond donors (Lipinski definition) is 0. The van der Waals surface area contributed by atoms with Crippen molar-refractivity contribution in [1.29, 1.82) is 0 Å². The lowest BCUT2D eigenvalue weighted by Crippen LogP contribution is -1.98. The molecule has 1 rings (SSSR count). The van der Waals surface area contributed by atoms with Gasteiger partial charge in [0.15, 0.2) is 0 Å². The second-order valence-corrected chi connectivity index (χ2v) is 3.87. The Bertz CT molecular complexity index is 318. The molecule has 0 fully saturated rings. The molecule has 76 valence electrons. The van der Waals surface area contributed by atoms with Gasteiger partial charge < -0.3 is 4.74 Å². The molecule has 0 atom stereocenters. The van der Waals surface area contributed by atoms with Gasteiger partial charge in [-0.15, -0.1) is 0 Å². The van der Waals surface area contributed by atoms with Crippen molar-refractivity contribution >= 4 is 11.6 Å². The predicted octanol–water partition coefficient (Wildman–Crippen LogP) is 4.03. The van der Waals surface area contributed by atoms with Gasteiger partial charge in [-0.25, -0.2) is 0 Å². The molecular formula is C12H15ClO. The molecule has 0 aromatic heterocycles. The molecule has 1 aromatic rings. The Morgan fingerprint density at radius 3 is 2.79 bits per heavy atom. The number of rotatable bonds is 4. The van der Waals surface area contributed by atoms with Crippen LogP contribution in [0.15, 0.2) is 30.9 Å². The van der Waals surface area contributed by atoms with Crippen LogP contribution in [-0.2, 0) is 0 Å². The first-order valence-corrected chi connectivity index (χ1v) is 5.06. The van der Waals surface area contributed by atoms with Crippen LogP contribution in [0.25, 0.3) is 0 Å². The number of benzene rings is 1. The molecule has 1 aromatic carbocycles. The van der Waals surface area contributed by atoms with Crippen molar-refractivity contribution < 1.29 is 4.74 Å². The summed E-state index contributed by atoms with van der Waals surface area (Å²) in [4.78, 5) is 0. The normalized spacial score (nSPS) is 10.3. The maximum atomic E-state index is 5.92. The van der Waals surface area contributed by atoms with Gasteiger partial charge in [0.05, 0.1) is 0 Å². The van der Waals surface area contributed by atoms with Crippen LogP contribution in [0, 0.1) is 0 Å². The lowest BCUT2D eigenvalue weighted by Gasteiger charge is -2.13. The third-order valence-corrected chi connectivity index (χ3v) is 2.19. The molecule has 0 spiro atoms. The van der Waals surface area contributed by atoms with Crippen molar-refractivity contribution in [3.63, 3.8) is 0 Å². The van der Waals surface area contributed by atoms with Crippen molar-refractivity contribution in [1.82, 2.24) is 0 Å². The van der Waals surface area contributed by atoms with E-state index in [9.17, 15) is 0 Å². The minimum Gasteiger partial charge on any atom is -0.489 e. The molecule has 0 saturated heterocycles. The first kappa shape index (κ1) is 11.1. The monoisotopic (exact) mass is 210 g/mol. The summed E-state index contributed by atoms with van der Waals surface area (Å²) in [7, 11) is 0. The van der Waals surface area contributed by atoms with Crippen LogP contribution < -0.4 is 4.74 Å². The largest absolute Gasteiger partial charge is 0.489 e. The van der Waals surface area contributed by atoms with E-state index in [1.54, 1.807) is 6.08 Å². The van der Waals surface area contributed by atoms with Crippen molar-refractivity contribution in [2.45, 2.75) is 19.8 Å². The molecule has 0 N–H and O–H groups in total. The average molecular weight is 211 g/mol. The summed E-state index contributed by atoms with van der Waals surface area (Å²) in [5.74, 6) is 1.30. The van der Waals surface area contributed by atoms with Crippen LogP contribution in [0.2, 0.25) is 5.02 Å². The van der Waals surface area contributed by atoms with Crippen molar-refractivity contribution in [2.75, 3.05) is 6.61 Å². The highest BCUT2D eigenvalue weighted by Gasteiger charge is 2.07. The van der Waals surface area contributed by atoms with Crippen LogP contribution in [0.5, 0.6) is 5.75 Å². The summed E-state index contributed by atoms with van der Waals surface area (Å²) < 4.78 is 5.53. The first-order chi connectivity index (χ1) is 6.65. The number of halogens is 1. The molecule has 0 amide bonds. The molecule has 14 heavy (non-hydrogen) atoms. The number of hydrogen-bond acceptors (Lipinski definition) is 1. The van der Waals surface area contributed by atoms with Gasteiger partial charge >= 0.3 is 0 Å². The summed E-state index contributed by atoms with van der Waals surface area (Å²) in [6, 6.07) is 5.69. The Labute approximate surface area is 90.3 Å². The second-order valence-electron chi connectivity index (χ2n) is 3.44. The highest BCUT2D eigenvalue weighted by molar-refractivity contribution is 6.30. The summed E-state index contributed by atoms with van der Waals surface area (Å²) in [6.07, 6.45) is 1.73. The molecule has 2 heteroatoms. The zero-order chi connectivity index (χ0) is 10.6. The van der Waals surface area contributed by atoms with Gasteiger partial charge in [0.1, 0.15) is 12.4 Å². The van der Waals surface area contributed by atoms with Crippen LogP contribution in [0.3, 0.4) is 0 Å². The van der Waals surface area contributed by atoms with E-state index in [-0.39, 0.29) is 0 Å². The molecule has 0 aliphatic carbocycles. The Morgan fingerprint density at radius 1 is 1.50 bits per heavy atom. The quantitative estimate of drug-likeness (QED) is 0.682. The van der Waals surface area contributed by atoms with Crippen molar-refractivity contribution in [3.8, 4) is 5.75 Å². The van der Waals surface area contributed by atoms with E-state index in [0.29, 0.717) is 12.5 Å². The average Bonchev–Trinajstić information content (AvgIpc) is 2.15. The van der Waals surface area contributed by atoms with Crippen LogP contribution in [0.1, 0.15) is 25.3 Å². The molecule has 0 bridgehead atoms. The fourth-order valence-corrected chi connectivity index (χ4v) is 1.43. The molecular weight excluding hydrogens is 196 g/mol. The van der Waals surface area contributed by atoms with Crippen molar-refractivity contribution in [2.24, 2.45) is 0 Å². The first-order valence-electron chi connectivity index (χ1n) is 4.68. The zero-order valence-corrected chi connectivity index (χ0v) is 9.34. The summed E-state index contributed by atoms with van der Waals surface area (Å²) in [5.41, 5.74) is 1.14. The standard InChI is InChI=1S/C12H15ClO/c1-4-7-14-12-6-5-10(13)8-11(12)9(2)3/h4-6,8-9H,1,7H2,2-3H3. The SMILES string of the molecule is C=CCOc1ccc(Cl)cc1C(C)C. The fourth-order valence-electron chi connectivity index (χ4n) is 1.25. The van der Waals surface area contributed by atoms with Gasteiger partial charge in [-0.2, -0.15) is 0 Å². The van der Waals surface area contributed by atoms with Crippen LogP contribution in [0.4, 0.5) is 0 Å². The third kappa shape index (κ3) is 2.78. The van der Waals surface area contributed by atoms with Gasteiger partial charge in [0.2, 0.25) is 0 Å². The topological polar surface area (TPSA) is 9.23 Å². The van der Waals surface area contributed by atoms with E-state index < -0.39 is 0 Å². The highest BCUT2D eigenvalue weighted by Crippen LogP contribution is 2.29. The van der Waals surface area contributed by atoms with Crippen LogP contribution in [-0.4, -0.2) is 6.61 Å². The lowest BCUT2D eigenvalue weighted by atomic mass is 10.0. The Morgan fingerprint density at radius 2 is 2.21 bits per heavy atom. The van der Waals surface area contributed by atoms with Crippen molar-refractivity contribution in [3.05, 3.63) is 41.4 Å². The molecule has 0 saturated carbocycles. The van der Waals surface area contributed by atoms with Gasteiger partial charge in [-0.1, -0.05) is 38.1 Å². The lowest BCUT2D eigenvalue weighted by molar-refractivity contribution is 0.357. The van der Waals surface area contributed by atoms with E-state index in [4.69, 9.17) is 16.3 Å². The Hall–Kier alpha value is -0.950. The van der Waals surface area contributed by atoms with Gasteiger partial charge in [-0.3, -0.25) is 0 Å². The Kier molecular flexibility index (Phi) is 4.02. The van der Waals surface area contributed by atoms with E-state index in [2.05, 4.69) is 20.4 Å². The Balaban J connectivity index is 2.95. The van der Waals surface area contributed by atoms with E-state index >= 15 is 0 Å². The molecule has 1 nitrogen and oxygen atoms in total. The van der Waals surface area contributed by atoms with Gasteiger partial charge in [0, 0.05) is 5.02 Å². The summed E-state index contributed by atoms with van der Waals surface area (Å²) in [6.45, 7) is 8.38. The van der Waals surface area contributed by atoms with E-state index in [0.717, 1.165) is 16.3 Å². The second kappa shape index (κ2) is 5.06. The highest BCUT2D eigenvalue weighted by atomic mass is 35.5. The maximum Gasteiger partial charge on any atom is 0.123 e. The third-order valence-electron chi connectivity index (χ3n) is 1.95. The molecule has 0 aliphatic heterocycles. The van der Waals surface area contributed by atoms with E-state index in [1.807, 2.05) is 18.2 Å². The smallest absolute Gasteiger partial charge is 0.123 e. The minimum absolute atomic E-state index is 0.411. The zero-order valence-electron chi connectivity index (χ0n) is 8.59. The fraction of sp³-hybridized carbons (Fsp3) is 0.333. The van der Waals surface area contributed by atoms with Gasteiger partial charge in [-0.05, 0) is 29.7 Å². The molecule has 0 aliphatic rings. The van der Waals surface area contributed by atoms with Crippen LogP contribution >= 0.6 is 11.6 Å². The minimum atomic E-state index is 0.411. The van der Waals surface area contributed by atoms with Gasteiger partial charge in [0.25, 0.3) is 0 Å². The molecule has 0 radical (unpaired) electrons. The molecule has 0 unspecified atom stereocenters. The number of ether oxygens (including phenoxy) is 1. The maximum absolute atomic E-state index is 5.92. The van der Waals surface area contributed by atoms with E-state index in [1.165, 1.54) is 0 Å². The summed E-state index contributed by atoms with van der Waals surface area (Å²) in [5, 5.41) is 0.750. The predicted molar refractivity (Wildman–Crippen MR) is 61.2 cm³/mol. The molecule has 0 heterocycles.